The molecule has 0 bridgehead atoms. The van der Waals surface area contributed by atoms with E-state index in [1.807, 2.05) is 56.3 Å². The molecule has 0 aromatic heterocycles. The topological polar surface area (TPSA) is 86.5 Å². The van der Waals surface area contributed by atoms with Gasteiger partial charge < -0.3 is 15.4 Å². The Balaban J connectivity index is 1.70. The van der Waals surface area contributed by atoms with E-state index in [4.69, 9.17) is 4.74 Å². The van der Waals surface area contributed by atoms with Crippen molar-refractivity contribution in [3.63, 3.8) is 0 Å². The minimum atomic E-state index is -0.494. The molecule has 2 unspecified atom stereocenters. The molecule has 1 aliphatic rings. The highest BCUT2D eigenvalue weighted by molar-refractivity contribution is 5.96. The molecule has 1 fully saturated rings. The molecule has 2 aromatic rings. The number of nitrogens with one attached hydrogen (secondary N) is 5. The number of hydrazine groups is 2. The quantitative estimate of drug-likeness (QED) is 0.569. The maximum atomic E-state index is 12.7. The van der Waals surface area contributed by atoms with Crippen LogP contribution in [0, 0.1) is 13.8 Å². The van der Waals surface area contributed by atoms with Crippen LogP contribution in [-0.2, 0) is 4.79 Å². The minimum Gasteiger partial charge on any atom is -0.497 e. The number of benzene rings is 2. The van der Waals surface area contributed by atoms with Crippen molar-refractivity contribution in [1.82, 2.24) is 16.4 Å². The molecule has 5 N–H and O–H groups in total. The molecule has 1 aliphatic heterocycles. The Labute approximate surface area is 147 Å². The summed E-state index contributed by atoms with van der Waals surface area (Å²) in [5.74, 6) is 0.617. The summed E-state index contributed by atoms with van der Waals surface area (Å²) in [5, 5.41) is 6.27. The van der Waals surface area contributed by atoms with Crippen molar-refractivity contribution in [1.29, 1.82) is 0 Å². The Bertz CT molecular complexity index is 765. The highest BCUT2D eigenvalue weighted by Gasteiger charge is 2.33. The zero-order chi connectivity index (χ0) is 17.8. The van der Waals surface area contributed by atoms with Crippen LogP contribution in [0.4, 0.5) is 11.4 Å². The van der Waals surface area contributed by atoms with Crippen LogP contribution >= 0.6 is 0 Å². The number of hydrogen-bond acceptors (Lipinski definition) is 6. The molecule has 1 heterocycles. The lowest BCUT2D eigenvalue weighted by Crippen LogP contribution is -2.48. The summed E-state index contributed by atoms with van der Waals surface area (Å²) >= 11 is 0. The van der Waals surface area contributed by atoms with E-state index in [0.29, 0.717) is 0 Å². The number of carbonyl (C=O) groups excluding carboxylic acids is 1. The van der Waals surface area contributed by atoms with Crippen LogP contribution in [0.1, 0.15) is 11.1 Å². The second kappa shape index (κ2) is 7.52. The number of amides is 1. The van der Waals surface area contributed by atoms with Gasteiger partial charge in [-0.05, 0) is 43.2 Å². The monoisotopic (exact) mass is 341 g/mol. The predicted octanol–water partition coefficient (Wildman–Crippen LogP) is 1.67. The average Bonchev–Trinajstić information content (AvgIpc) is 3.07. The summed E-state index contributed by atoms with van der Waals surface area (Å²) in [6.07, 6.45) is -0.322. The zero-order valence-electron chi connectivity index (χ0n) is 14.5. The Hall–Kier alpha value is -2.61. The van der Waals surface area contributed by atoms with Crippen molar-refractivity contribution in [2.45, 2.75) is 26.1 Å². The molecule has 1 saturated heterocycles. The van der Waals surface area contributed by atoms with E-state index < -0.39 is 6.04 Å². The van der Waals surface area contributed by atoms with Gasteiger partial charge in [0.25, 0.3) is 0 Å². The lowest BCUT2D eigenvalue weighted by Gasteiger charge is -2.21. The highest BCUT2D eigenvalue weighted by atomic mass is 16.5. The summed E-state index contributed by atoms with van der Waals surface area (Å²) in [6, 6.07) is 12.9. The van der Waals surface area contributed by atoms with Gasteiger partial charge in [0.15, 0.2) is 0 Å². The molecule has 0 spiro atoms. The first kappa shape index (κ1) is 17.2. The van der Waals surface area contributed by atoms with Crippen LogP contribution in [0.2, 0.25) is 0 Å². The lowest BCUT2D eigenvalue weighted by molar-refractivity contribution is -0.118. The molecule has 0 radical (unpaired) electrons. The fourth-order valence-corrected chi connectivity index (χ4v) is 2.69. The molecule has 1 amide bonds. The van der Waals surface area contributed by atoms with E-state index in [-0.39, 0.29) is 12.1 Å². The van der Waals surface area contributed by atoms with E-state index in [9.17, 15) is 4.79 Å². The SMILES string of the molecule is COc1cccc(NC2NNNC2C(=O)Nc2cccc(C)c2C)c1. The number of methoxy groups -OCH3 is 1. The maximum absolute atomic E-state index is 12.7. The highest BCUT2D eigenvalue weighted by Crippen LogP contribution is 2.20. The van der Waals surface area contributed by atoms with Gasteiger partial charge in [0.05, 0.1) is 7.11 Å². The molecular weight excluding hydrogens is 318 g/mol. The molecule has 2 atom stereocenters. The predicted molar refractivity (Wildman–Crippen MR) is 98.1 cm³/mol. The van der Waals surface area contributed by atoms with Crippen molar-refractivity contribution in [2.24, 2.45) is 0 Å². The van der Waals surface area contributed by atoms with Crippen molar-refractivity contribution in [3.05, 3.63) is 53.6 Å². The molecule has 3 rings (SSSR count). The van der Waals surface area contributed by atoms with Crippen LogP contribution in [0.25, 0.3) is 0 Å². The number of aryl methyl sites for hydroxylation is 1. The van der Waals surface area contributed by atoms with Gasteiger partial charge in [-0.15, -0.1) is 0 Å². The molecular formula is C18H23N5O2. The number of carbonyl (C=O) groups is 1. The standard InChI is InChI=1S/C18H23N5O2/c1-11-6-4-9-15(12(11)2)20-18(24)16-17(22-23-21-16)19-13-7-5-8-14(10-13)25-3/h4-10,16-17,19,21-23H,1-3H3,(H,20,24). The van der Waals surface area contributed by atoms with Crippen molar-refractivity contribution in [3.8, 4) is 5.75 Å². The third-order valence-electron chi connectivity index (χ3n) is 4.33. The van der Waals surface area contributed by atoms with Crippen LogP contribution in [0.3, 0.4) is 0 Å². The molecule has 25 heavy (non-hydrogen) atoms. The number of hydrogen-bond donors (Lipinski definition) is 5. The molecule has 132 valence electrons. The smallest absolute Gasteiger partial charge is 0.246 e. The van der Waals surface area contributed by atoms with E-state index in [1.54, 1.807) is 7.11 Å². The van der Waals surface area contributed by atoms with Gasteiger partial charge in [0.1, 0.15) is 18.0 Å². The van der Waals surface area contributed by atoms with E-state index in [2.05, 4.69) is 27.0 Å². The van der Waals surface area contributed by atoms with Gasteiger partial charge in [-0.25, -0.2) is 10.9 Å². The normalized spacial score (nSPS) is 19.5. The largest absolute Gasteiger partial charge is 0.497 e. The van der Waals surface area contributed by atoms with Gasteiger partial charge in [-0.3, -0.25) is 4.79 Å². The minimum absolute atomic E-state index is 0.133. The maximum Gasteiger partial charge on any atom is 0.246 e. The van der Waals surface area contributed by atoms with E-state index in [0.717, 1.165) is 28.3 Å². The Morgan fingerprint density at radius 2 is 1.92 bits per heavy atom. The van der Waals surface area contributed by atoms with Crippen molar-refractivity contribution < 1.29 is 9.53 Å². The summed E-state index contributed by atoms with van der Waals surface area (Å²) in [7, 11) is 1.62. The Morgan fingerprint density at radius 3 is 2.72 bits per heavy atom. The van der Waals surface area contributed by atoms with Crippen molar-refractivity contribution in [2.75, 3.05) is 17.7 Å². The summed E-state index contributed by atoms with van der Waals surface area (Å²) in [4.78, 5) is 12.7. The molecule has 7 heteroatoms. The third kappa shape index (κ3) is 3.90. The average molecular weight is 341 g/mol. The van der Waals surface area contributed by atoms with Crippen LogP contribution in [0.5, 0.6) is 5.75 Å². The van der Waals surface area contributed by atoms with Gasteiger partial charge in [-0.2, -0.15) is 5.53 Å². The molecule has 7 nitrogen and oxygen atoms in total. The number of anilines is 2. The second-order valence-corrected chi connectivity index (χ2v) is 5.98. The van der Waals surface area contributed by atoms with Crippen LogP contribution in [0.15, 0.2) is 42.5 Å². The molecule has 0 aliphatic carbocycles. The van der Waals surface area contributed by atoms with Gasteiger partial charge in [0.2, 0.25) is 5.91 Å². The van der Waals surface area contributed by atoms with Gasteiger partial charge in [-0.1, -0.05) is 18.2 Å². The second-order valence-electron chi connectivity index (χ2n) is 5.98. The van der Waals surface area contributed by atoms with Crippen LogP contribution < -0.4 is 31.8 Å². The lowest BCUT2D eigenvalue weighted by atomic mass is 10.1. The van der Waals surface area contributed by atoms with E-state index in [1.165, 1.54) is 0 Å². The zero-order valence-corrected chi connectivity index (χ0v) is 14.5. The summed E-state index contributed by atoms with van der Waals surface area (Å²) in [6.45, 7) is 4.02. The Morgan fingerprint density at radius 1 is 1.12 bits per heavy atom. The number of ether oxygens (including phenoxy) is 1. The van der Waals surface area contributed by atoms with Gasteiger partial charge in [0, 0.05) is 17.4 Å². The fraction of sp³-hybridized carbons (Fsp3) is 0.278. The van der Waals surface area contributed by atoms with Gasteiger partial charge >= 0.3 is 0 Å². The first-order valence-electron chi connectivity index (χ1n) is 8.12. The van der Waals surface area contributed by atoms with Crippen molar-refractivity contribution >= 4 is 17.3 Å². The first-order valence-corrected chi connectivity index (χ1v) is 8.12. The summed E-state index contributed by atoms with van der Waals surface area (Å²) < 4.78 is 5.23. The summed E-state index contributed by atoms with van der Waals surface area (Å²) in [5.41, 5.74) is 12.6. The van der Waals surface area contributed by atoms with E-state index >= 15 is 0 Å². The molecule has 0 saturated carbocycles. The third-order valence-corrected chi connectivity index (χ3v) is 4.33. The Kier molecular flexibility index (Phi) is 5.18. The molecule has 2 aromatic carbocycles. The van der Waals surface area contributed by atoms with Crippen LogP contribution in [-0.4, -0.2) is 25.2 Å². The number of rotatable bonds is 5. The fourth-order valence-electron chi connectivity index (χ4n) is 2.69. The first-order chi connectivity index (χ1) is 12.1.